The van der Waals surface area contributed by atoms with Crippen LogP contribution in [0.25, 0.3) is 0 Å². The Morgan fingerprint density at radius 3 is 1.57 bits per heavy atom. The van der Waals surface area contributed by atoms with Crippen LogP contribution in [0, 0.1) is 0 Å². The molecule has 0 aromatic carbocycles. The lowest BCUT2D eigenvalue weighted by Crippen LogP contribution is -1.77. The number of unbranched alkanes of at least 4 members (excludes halogenated alkanes) is 12. The van der Waals surface area contributed by atoms with Gasteiger partial charge in [0.1, 0.15) is 5.94 Å². The van der Waals surface area contributed by atoms with Gasteiger partial charge in [0.25, 0.3) is 0 Å². The Hall–Kier alpha value is -0.810. The summed E-state index contributed by atoms with van der Waals surface area (Å²) < 4.78 is 0. The lowest BCUT2D eigenvalue weighted by Gasteiger charge is -1.96. The summed E-state index contributed by atoms with van der Waals surface area (Å²) in [5.74, 6) is 1.79. The summed E-state index contributed by atoms with van der Waals surface area (Å²) in [6, 6.07) is 0. The highest BCUT2D eigenvalue weighted by Gasteiger charge is 1.87. The Kier molecular flexibility index (Phi) is 25.9. The van der Waals surface area contributed by atoms with Gasteiger partial charge in [-0.2, -0.15) is 0 Å². The Balaban J connectivity index is 0. The van der Waals surface area contributed by atoms with Crippen LogP contribution in [0.15, 0.2) is 18.7 Å². The Bertz CT molecular complexity index is 226. The highest BCUT2D eigenvalue weighted by atomic mass is 16.1. The lowest BCUT2D eigenvalue weighted by molar-refractivity contribution is 0.566. The van der Waals surface area contributed by atoms with Crippen LogP contribution in [0.1, 0.15) is 104 Å². The van der Waals surface area contributed by atoms with Gasteiger partial charge >= 0.3 is 0 Å². The summed E-state index contributed by atoms with van der Waals surface area (Å²) in [5.41, 5.74) is 0. The lowest BCUT2D eigenvalue weighted by atomic mass is 10.1. The zero-order valence-corrected chi connectivity index (χ0v) is 14.7. The SMILES string of the molecule is C=CCCCCCCCC.CCCCCCCCC=C=O. The van der Waals surface area contributed by atoms with E-state index in [1.807, 2.05) is 6.08 Å². The standard InChI is InChI=1S/C10H18O.C10H20/c1-2-3-4-5-6-7-8-9-10-11;1-3-5-7-9-10-8-6-4-2/h9H,2-8H2,1H3;3H,1,4-10H2,2H3. The third-order valence-corrected chi connectivity index (χ3v) is 3.55. The van der Waals surface area contributed by atoms with E-state index in [0.717, 1.165) is 12.8 Å². The molecule has 0 atom stereocenters. The van der Waals surface area contributed by atoms with Gasteiger partial charge in [-0.15, -0.1) is 6.58 Å². The van der Waals surface area contributed by atoms with Gasteiger partial charge in [0.2, 0.25) is 0 Å². The van der Waals surface area contributed by atoms with Crippen molar-refractivity contribution >= 4 is 5.94 Å². The Labute approximate surface area is 133 Å². The molecule has 1 nitrogen and oxygen atoms in total. The summed E-state index contributed by atoms with van der Waals surface area (Å²) in [6.07, 6.45) is 21.8. The summed E-state index contributed by atoms with van der Waals surface area (Å²) in [6.45, 7) is 8.17. The van der Waals surface area contributed by atoms with Crippen molar-refractivity contribution in [2.75, 3.05) is 0 Å². The number of hydrogen-bond donors (Lipinski definition) is 0. The average molecular weight is 295 g/mol. The first-order chi connectivity index (χ1) is 10.3. The number of rotatable bonds is 14. The van der Waals surface area contributed by atoms with Crippen LogP contribution in [0.5, 0.6) is 0 Å². The van der Waals surface area contributed by atoms with E-state index in [0.29, 0.717) is 0 Å². The van der Waals surface area contributed by atoms with Crippen LogP contribution in [0.2, 0.25) is 0 Å². The number of carbonyl (C=O) groups excluding carboxylic acids is 1. The molecule has 124 valence electrons. The highest BCUT2D eigenvalue weighted by molar-refractivity contribution is 5.44. The zero-order chi connectivity index (χ0) is 16.0. The van der Waals surface area contributed by atoms with Gasteiger partial charge in [-0.05, 0) is 31.8 Å². The molecular weight excluding hydrogens is 256 g/mol. The molecule has 0 aliphatic carbocycles. The van der Waals surface area contributed by atoms with Crippen molar-refractivity contribution in [3.63, 3.8) is 0 Å². The van der Waals surface area contributed by atoms with Crippen molar-refractivity contribution < 1.29 is 4.79 Å². The van der Waals surface area contributed by atoms with Crippen molar-refractivity contribution in [1.29, 1.82) is 0 Å². The predicted molar refractivity (Wildman–Crippen MR) is 96.4 cm³/mol. The van der Waals surface area contributed by atoms with Crippen LogP contribution in [-0.2, 0) is 4.79 Å². The molecule has 0 aliphatic rings. The van der Waals surface area contributed by atoms with Gasteiger partial charge in [0.05, 0.1) is 0 Å². The molecule has 0 aliphatic heterocycles. The number of hydrogen-bond acceptors (Lipinski definition) is 1. The first-order valence-corrected chi connectivity index (χ1v) is 9.13. The summed E-state index contributed by atoms with van der Waals surface area (Å²) in [7, 11) is 0. The molecule has 0 saturated carbocycles. The monoisotopic (exact) mass is 294 g/mol. The molecule has 0 N–H and O–H groups in total. The average Bonchev–Trinajstić information content (AvgIpc) is 2.51. The number of allylic oxidation sites excluding steroid dienone is 2. The third kappa shape index (κ3) is 28.2. The molecule has 0 amide bonds. The molecule has 21 heavy (non-hydrogen) atoms. The normalized spacial score (nSPS) is 9.43. The first-order valence-electron chi connectivity index (χ1n) is 9.13. The van der Waals surface area contributed by atoms with Crippen molar-refractivity contribution in [1.82, 2.24) is 0 Å². The maximum absolute atomic E-state index is 9.76. The minimum Gasteiger partial charge on any atom is -0.234 e. The van der Waals surface area contributed by atoms with Gasteiger partial charge in [0, 0.05) is 0 Å². The van der Waals surface area contributed by atoms with E-state index < -0.39 is 0 Å². The molecule has 0 heterocycles. The van der Waals surface area contributed by atoms with E-state index in [4.69, 9.17) is 0 Å². The minimum absolute atomic E-state index is 0.912. The molecule has 0 saturated heterocycles. The van der Waals surface area contributed by atoms with Gasteiger partial charge < -0.3 is 0 Å². The smallest absolute Gasteiger partial charge is 0.120 e. The molecule has 0 fully saturated rings. The summed E-state index contributed by atoms with van der Waals surface area (Å²) >= 11 is 0. The fourth-order valence-electron chi connectivity index (χ4n) is 2.15. The van der Waals surface area contributed by atoms with Crippen molar-refractivity contribution in [3.05, 3.63) is 18.7 Å². The Morgan fingerprint density at radius 2 is 1.14 bits per heavy atom. The molecule has 0 aromatic rings. The zero-order valence-electron chi connectivity index (χ0n) is 14.7. The maximum atomic E-state index is 9.76. The van der Waals surface area contributed by atoms with Gasteiger partial charge in [-0.25, -0.2) is 4.79 Å². The molecular formula is C20H38O. The van der Waals surface area contributed by atoms with Crippen LogP contribution in [-0.4, -0.2) is 5.94 Å². The largest absolute Gasteiger partial charge is 0.234 e. The van der Waals surface area contributed by atoms with E-state index in [2.05, 4.69) is 20.4 Å². The highest BCUT2D eigenvalue weighted by Crippen LogP contribution is 2.07. The Morgan fingerprint density at radius 1 is 0.714 bits per heavy atom. The van der Waals surface area contributed by atoms with Crippen molar-refractivity contribution in [2.24, 2.45) is 0 Å². The maximum Gasteiger partial charge on any atom is 0.120 e. The molecule has 0 unspecified atom stereocenters. The van der Waals surface area contributed by atoms with Gasteiger partial charge in [-0.1, -0.05) is 84.1 Å². The molecule has 0 aromatic heterocycles. The second-order valence-corrected chi connectivity index (χ2v) is 5.72. The second kappa shape index (κ2) is 24.2. The topological polar surface area (TPSA) is 17.1 Å². The van der Waals surface area contributed by atoms with Crippen LogP contribution >= 0.6 is 0 Å². The van der Waals surface area contributed by atoms with E-state index in [-0.39, 0.29) is 0 Å². The van der Waals surface area contributed by atoms with Crippen LogP contribution in [0.4, 0.5) is 0 Å². The predicted octanol–water partition coefficient (Wildman–Crippen LogP) is 7.05. The van der Waals surface area contributed by atoms with Crippen molar-refractivity contribution in [2.45, 2.75) is 104 Å². The van der Waals surface area contributed by atoms with E-state index in [1.165, 1.54) is 77.0 Å². The molecule has 0 rings (SSSR count). The first kappa shape index (κ1) is 22.5. The van der Waals surface area contributed by atoms with Crippen LogP contribution in [0.3, 0.4) is 0 Å². The molecule has 1 heteroatoms. The second-order valence-electron chi connectivity index (χ2n) is 5.72. The minimum atomic E-state index is 0.912. The van der Waals surface area contributed by atoms with Gasteiger partial charge in [0.15, 0.2) is 0 Å². The molecule has 0 spiro atoms. The fraction of sp³-hybridized carbons (Fsp3) is 0.800. The quantitative estimate of drug-likeness (QED) is 0.190. The van der Waals surface area contributed by atoms with Gasteiger partial charge in [-0.3, -0.25) is 0 Å². The van der Waals surface area contributed by atoms with E-state index in [9.17, 15) is 4.79 Å². The van der Waals surface area contributed by atoms with E-state index in [1.54, 1.807) is 12.0 Å². The molecule has 0 bridgehead atoms. The summed E-state index contributed by atoms with van der Waals surface area (Å²) in [5, 5.41) is 0. The van der Waals surface area contributed by atoms with Crippen LogP contribution < -0.4 is 0 Å². The molecule has 0 radical (unpaired) electrons. The summed E-state index contributed by atoms with van der Waals surface area (Å²) in [4.78, 5) is 9.76. The van der Waals surface area contributed by atoms with E-state index >= 15 is 0 Å². The third-order valence-electron chi connectivity index (χ3n) is 3.55. The fourth-order valence-corrected chi connectivity index (χ4v) is 2.15. The van der Waals surface area contributed by atoms with Crippen molar-refractivity contribution in [3.8, 4) is 0 Å².